The molecule has 1 amide bonds. The summed E-state index contributed by atoms with van der Waals surface area (Å²) in [6, 6.07) is 9.45. The molecule has 10 rings (SSSR count). The summed E-state index contributed by atoms with van der Waals surface area (Å²) in [4.78, 5) is 42.6. The fraction of sp³-hybridized carbons (Fsp3) is 0.310. The minimum Gasteiger partial charge on any atom is -0.344 e. The van der Waals surface area contributed by atoms with Crippen LogP contribution in [0.2, 0.25) is 5.02 Å². The molecule has 13 nitrogen and oxygen atoms in total. The largest absolute Gasteiger partial charge is 0.344 e. The van der Waals surface area contributed by atoms with Crippen molar-refractivity contribution in [2.24, 2.45) is 5.92 Å². The van der Waals surface area contributed by atoms with Gasteiger partial charge in [0, 0.05) is 41.9 Å². The van der Waals surface area contributed by atoms with Gasteiger partial charge in [0.15, 0.2) is 11.6 Å². The second-order valence-electron chi connectivity index (χ2n) is 16.0. The van der Waals surface area contributed by atoms with Crippen LogP contribution in [0.15, 0.2) is 71.8 Å². The van der Waals surface area contributed by atoms with Crippen LogP contribution in [0, 0.1) is 17.6 Å². The van der Waals surface area contributed by atoms with Crippen LogP contribution < -0.4 is 15.6 Å². The van der Waals surface area contributed by atoms with Crippen LogP contribution >= 0.6 is 11.6 Å². The summed E-state index contributed by atoms with van der Waals surface area (Å²) in [5.74, 6) is -9.12. The first-order valence-corrected chi connectivity index (χ1v) is 21.7. The Morgan fingerprint density at radius 1 is 0.969 bits per heavy atom. The number of nitrogens with zero attached hydrogens (tertiary/aromatic N) is 8. The predicted octanol–water partition coefficient (Wildman–Crippen LogP) is 8.07. The third-order valence-corrected chi connectivity index (χ3v) is 13.4. The molecular formula is C42H31ClF8N10O3S. The Morgan fingerprint density at radius 3 is 2.40 bits per heavy atom. The van der Waals surface area contributed by atoms with Crippen LogP contribution in [0.4, 0.5) is 40.9 Å². The molecule has 4 unspecified atom stereocenters. The fourth-order valence-electron chi connectivity index (χ4n) is 8.62. The van der Waals surface area contributed by atoms with Crippen molar-refractivity contribution in [3.05, 3.63) is 122 Å². The molecule has 2 fully saturated rings. The number of hydrogen-bond donors (Lipinski definition) is 2. The van der Waals surface area contributed by atoms with E-state index in [9.17, 15) is 35.3 Å². The molecule has 0 saturated heterocycles. The lowest BCUT2D eigenvalue weighted by Gasteiger charge is -2.24. The number of anilines is 1. The minimum absolute atomic E-state index is 0.0116. The van der Waals surface area contributed by atoms with E-state index in [1.807, 2.05) is 0 Å². The Labute approximate surface area is 368 Å². The van der Waals surface area contributed by atoms with Crippen LogP contribution in [0.1, 0.15) is 66.0 Å². The second-order valence-corrected chi connectivity index (χ2v) is 17.9. The quantitative estimate of drug-likeness (QED) is 0.104. The molecule has 3 aromatic carbocycles. The molecule has 0 radical (unpaired) electrons. The Balaban J connectivity index is 1.18. The van der Waals surface area contributed by atoms with E-state index in [1.165, 1.54) is 42.7 Å². The molecule has 2 saturated carbocycles. The number of carbonyl (C=O) groups is 1. The molecule has 4 atom stereocenters. The molecule has 0 spiro atoms. The molecule has 4 heterocycles. The maximum atomic E-state index is 15.6. The number of halogens is 9. The van der Waals surface area contributed by atoms with Gasteiger partial charge in [-0.1, -0.05) is 17.7 Å². The van der Waals surface area contributed by atoms with Gasteiger partial charge >= 0.3 is 0 Å². The number of carbonyl (C=O) groups excluding carboxylic acids is 1. The first kappa shape index (κ1) is 42.6. The normalized spacial score (nSPS) is 18.3. The number of aromatic nitrogens is 8. The average molecular weight is 943 g/mol. The summed E-state index contributed by atoms with van der Waals surface area (Å²) < 4.78 is 136. The number of benzene rings is 3. The van der Waals surface area contributed by atoms with E-state index < -0.39 is 102 Å². The third-order valence-electron chi connectivity index (χ3n) is 11.6. The Kier molecular flexibility index (Phi) is 10.5. The molecule has 65 heavy (non-hydrogen) atoms. The van der Waals surface area contributed by atoms with Gasteiger partial charge in [0.25, 0.3) is 24.3 Å². The van der Waals surface area contributed by atoms with Gasteiger partial charge in [-0.05, 0) is 73.2 Å². The van der Waals surface area contributed by atoms with E-state index in [4.69, 9.17) is 16.6 Å². The first-order valence-electron chi connectivity index (χ1n) is 20.1. The van der Waals surface area contributed by atoms with Crippen molar-refractivity contribution in [1.82, 2.24) is 44.4 Å². The molecule has 4 aromatic heterocycles. The number of fused-ring (bicyclic) bond motifs is 5. The van der Waals surface area contributed by atoms with Crippen molar-refractivity contribution < 1.29 is 44.1 Å². The number of alkyl halides is 6. The first-order chi connectivity index (χ1) is 31.1. The van der Waals surface area contributed by atoms with Crippen molar-refractivity contribution in [1.29, 1.82) is 0 Å². The molecule has 336 valence electrons. The summed E-state index contributed by atoms with van der Waals surface area (Å²) in [6.45, 7) is -2.08. The zero-order valence-electron chi connectivity index (χ0n) is 33.2. The van der Waals surface area contributed by atoms with E-state index in [0.29, 0.717) is 29.2 Å². The number of nitrogens with one attached hydrogen (secondary N) is 2. The van der Waals surface area contributed by atoms with Crippen molar-refractivity contribution in [3.63, 3.8) is 0 Å². The summed E-state index contributed by atoms with van der Waals surface area (Å²) in [7, 11) is -1.70. The smallest absolute Gasteiger partial charge is 0.293 e. The maximum absolute atomic E-state index is 15.6. The van der Waals surface area contributed by atoms with Gasteiger partial charge in [0.05, 0.1) is 43.8 Å². The monoisotopic (exact) mass is 942 g/mol. The summed E-state index contributed by atoms with van der Waals surface area (Å²) in [6.07, 6.45) is -2.60. The maximum Gasteiger partial charge on any atom is 0.293 e. The third kappa shape index (κ3) is 7.68. The molecule has 3 aliphatic carbocycles. The van der Waals surface area contributed by atoms with E-state index in [-0.39, 0.29) is 72.8 Å². The highest BCUT2D eigenvalue weighted by Crippen LogP contribution is 2.68. The van der Waals surface area contributed by atoms with Crippen LogP contribution in [-0.4, -0.2) is 60.9 Å². The van der Waals surface area contributed by atoms with Gasteiger partial charge in [-0.25, -0.2) is 45.5 Å². The van der Waals surface area contributed by atoms with E-state index in [0.717, 1.165) is 21.4 Å². The van der Waals surface area contributed by atoms with Gasteiger partial charge in [-0.3, -0.25) is 28.2 Å². The minimum atomic E-state index is -3.58. The van der Waals surface area contributed by atoms with Crippen molar-refractivity contribution >= 4 is 56.1 Å². The van der Waals surface area contributed by atoms with Gasteiger partial charge in [0.1, 0.15) is 52.9 Å². The Bertz CT molecular complexity index is 3140. The van der Waals surface area contributed by atoms with Crippen LogP contribution in [0.25, 0.3) is 38.9 Å². The fourth-order valence-corrected chi connectivity index (χ4v) is 9.93. The number of hydrogen-bond acceptors (Lipinski definition) is 8. The highest BCUT2D eigenvalue weighted by molar-refractivity contribution is 7.87. The van der Waals surface area contributed by atoms with Gasteiger partial charge in [-0.2, -0.15) is 19.0 Å². The molecule has 0 aliphatic heterocycles. The van der Waals surface area contributed by atoms with Gasteiger partial charge < -0.3 is 5.32 Å². The van der Waals surface area contributed by atoms with Crippen molar-refractivity contribution in [3.8, 4) is 17.1 Å². The summed E-state index contributed by atoms with van der Waals surface area (Å²) in [5, 5.41) is 10.3. The van der Waals surface area contributed by atoms with Gasteiger partial charge in [0.2, 0.25) is 5.91 Å². The summed E-state index contributed by atoms with van der Waals surface area (Å²) in [5.41, 5.74) is -2.96. The predicted molar refractivity (Wildman–Crippen MR) is 220 cm³/mol. The molecule has 2 N–H and O–H groups in total. The topological polar surface area (TPSA) is 155 Å². The van der Waals surface area contributed by atoms with Crippen molar-refractivity contribution in [2.45, 2.75) is 74.8 Å². The van der Waals surface area contributed by atoms with Crippen molar-refractivity contribution in [2.75, 3.05) is 4.72 Å². The average Bonchev–Trinajstić information content (AvgIpc) is 4.17. The SMILES string of the molecule is O=C(Cn1nc(C(F)F)c2c1C(F)(F)C1CC21)NC(Cc1cc(F)cc(F)c1)c1nc2cc(-c3ncccn3)ccc2c(=O)n1-c1ccc(Cl)c2c(NS(=O)C3CC3)nn(CC(F)F)c12. The number of amides is 1. The molecule has 3 aliphatic rings. The molecule has 7 aromatic rings. The zero-order chi connectivity index (χ0) is 45.6. The second kappa shape index (κ2) is 16.0. The molecule has 0 bridgehead atoms. The zero-order valence-corrected chi connectivity index (χ0v) is 34.7. The number of rotatable bonds is 14. The lowest BCUT2D eigenvalue weighted by molar-refractivity contribution is -0.123. The molecule has 23 heteroatoms. The highest BCUT2D eigenvalue weighted by atomic mass is 35.5. The highest BCUT2D eigenvalue weighted by Gasteiger charge is 2.67. The van der Waals surface area contributed by atoms with Crippen LogP contribution in [-0.2, 0) is 41.2 Å². The lowest BCUT2D eigenvalue weighted by Crippen LogP contribution is -2.38. The standard InChI is InChI=1S/C42H31ClF8N10O3S/c43-26-6-7-29(35-33(26)39(57-59(35)16-30(46)47)58-65(64)22-3-4-22)61-40(55-27-13-19(2-5-23(27)41(61)63)38-52-8-1-9-53-38)28(12-18-10-20(44)14-21(45)11-18)54-31(62)17-60-36-32(34(56-60)37(48)49)24-15-25(24)42(36,50)51/h1-2,5-11,13-14,22,24-25,28,30,37H,3-4,12,15-17H2,(H,54,62)(H,57,58). The lowest BCUT2D eigenvalue weighted by atomic mass is 10.0. The summed E-state index contributed by atoms with van der Waals surface area (Å²) >= 11 is 6.71. The molecular weight excluding hydrogens is 912 g/mol. The van der Waals surface area contributed by atoms with E-state index >= 15 is 13.6 Å². The van der Waals surface area contributed by atoms with E-state index in [1.54, 1.807) is 6.07 Å². The van der Waals surface area contributed by atoms with Gasteiger partial charge in [-0.15, -0.1) is 0 Å². The Morgan fingerprint density at radius 2 is 1.71 bits per heavy atom. The van der Waals surface area contributed by atoms with Crippen LogP contribution in [0.3, 0.4) is 0 Å². The van der Waals surface area contributed by atoms with Crippen LogP contribution in [0.5, 0.6) is 0 Å². The Hall–Kier alpha value is -6.29. The van der Waals surface area contributed by atoms with E-state index in [2.05, 4.69) is 30.2 Å².